The Morgan fingerprint density at radius 1 is 1.30 bits per heavy atom. The third-order valence-corrected chi connectivity index (χ3v) is 6.55. The molecule has 0 bridgehead atoms. The molecule has 8 heteroatoms. The van der Waals surface area contributed by atoms with Crippen LogP contribution in [0.1, 0.15) is 62.5 Å². The van der Waals surface area contributed by atoms with E-state index >= 15 is 0 Å². The van der Waals surface area contributed by atoms with Gasteiger partial charge < -0.3 is 9.80 Å². The molecule has 0 aromatic carbocycles. The Morgan fingerprint density at radius 3 is 2.87 bits per heavy atom. The molecule has 2 aliphatic rings. The molecule has 3 heterocycles. The quantitative estimate of drug-likeness (QED) is 0.813. The highest BCUT2D eigenvalue weighted by atomic mass is 16.2. The first-order chi connectivity index (χ1) is 14.4. The molecule has 1 fully saturated rings. The van der Waals surface area contributed by atoms with Gasteiger partial charge in [0.05, 0.1) is 30.0 Å². The average molecular weight is 413 g/mol. The van der Waals surface area contributed by atoms with Gasteiger partial charge in [-0.3, -0.25) is 14.7 Å². The van der Waals surface area contributed by atoms with Gasteiger partial charge in [-0.05, 0) is 57.9 Å². The second kappa shape index (κ2) is 8.62. The smallest absolute Gasteiger partial charge is 0.269 e. The summed E-state index contributed by atoms with van der Waals surface area (Å²) in [5.41, 5.74) is 4.04. The van der Waals surface area contributed by atoms with Crippen LogP contribution in [0, 0.1) is 0 Å². The molecule has 4 rings (SSSR count). The van der Waals surface area contributed by atoms with Gasteiger partial charge >= 0.3 is 0 Å². The largest absolute Gasteiger partial charge is 0.371 e. The van der Waals surface area contributed by atoms with E-state index in [1.54, 1.807) is 16.9 Å². The van der Waals surface area contributed by atoms with E-state index in [4.69, 9.17) is 0 Å². The van der Waals surface area contributed by atoms with Crippen LogP contribution < -0.4 is 10.5 Å². The molecule has 2 aromatic rings. The lowest BCUT2D eigenvalue weighted by Crippen LogP contribution is -2.44. The number of carbonyl (C=O) groups excluding carboxylic acids is 1. The molecule has 1 N–H and O–H groups in total. The number of fused-ring (bicyclic) bond motifs is 1. The van der Waals surface area contributed by atoms with Gasteiger partial charge in [-0.25, -0.2) is 4.68 Å². The first-order valence-corrected chi connectivity index (χ1v) is 11.1. The summed E-state index contributed by atoms with van der Waals surface area (Å²) in [5.74, 6) is 0.0868. The van der Waals surface area contributed by atoms with Gasteiger partial charge in [0, 0.05) is 37.9 Å². The minimum atomic E-state index is -0.110. The zero-order valence-corrected chi connectivity index (χ0v) is 18.2. The molecule has 1 aliphatic carbocycles. The summed E-state index contributed by atoms with van der Waals surface area (Å²) in [6.45, 7) is 5.40. The van der Waals surface area contributed by atoms with E-state index in [9.17, 15) is 9.59 Å². The van der Waals surface area contributed by atoms with Crippen LogP contribution in [0.4, 0.5) is 5.69 Å². The number of anilines is 1. The molecule has 1 amide bonds. The van der Waals surface area contributed by atoms with Crippen LogP contribution >= 0.6 is 0 Å². The number of H-pyrrole nitrogens is 1. The van der Waals surface area contributed by atoms with Gasteiger partial charge in [0.1, 0.15) is 0 Å². The number of aryl methyl sites for hydroxylation is 1. The van der Waals surface area contributed by atoms with Crippen molar-refractivity contribution in [3.63, 3.8) is 0 Å². The Hall–Kier alpha value is -2.64. The summed E-state index contributed by atoms with van der Waals surface area (Å²) >= 11 is 0. The van der Waals surface area contributed by atoms with Gasteiger partial charge in [-0.1, -0.05) is 0 Å². The number of hydrogen-bond acceptors (Lipinski definition) is 5. The summed E-state index contributed by atoms with van der Waals surface area (Å²) in [7, 11) is 1.96. The van der Waals surface area contributed by atoms with Crippen LogP contribution in [0.5, 0.6) is 0 Å². The predicted molar refractivity (Wildman–Crippen MR) is 116 cm³/mol. The van der Waals surface area contributed by atoms with Crippen LogP contribution in [0.3, 0.4) is 0 Å². The van der Waals surface area contributed by atoms with E-state index in [-0.39, 0.29) is 23.6 Å². The predicted octanol–water partition coefficient (Wildman–Crippen LogP) is 2.10. The highest BCUT2D eigenvalue weighted by molar-refractivity contribution is 5.79. The Kier molecular flexibility index (Phi) is 5.92. The van der Waals surface area contributed by atoms with Crippen LogP contribution in [0.25, 0.3) is 0 Å². The number of aromatic nitrogens is 4. The number of nitrogens with one attached hydrogen (secondary N) is 1. The van der Waals surface area contributed by atoms with Gasteiger partial charge in [0.25, 0.3) is 5.56 Å². The van der Waals surface area contributed by atoms with E-state index < -0.39 is 0 Å². The molecule has 1 saturated heterocycles. The van der Waals surface area contributed by atoms with E-state index in [0.717, 1.165) is 50.0 Å². The van der Waals surface area contributed by atoms with Crippen molar-refractivity contribution in [1.82, 2.24) is 24.9 Å². The third kappa shape index (κ3) is 4.13. The first-order valence-electron chi connectivity index (χ1n) is 11.1. The summed E-state index contributed by atoms with van der Waals surface area (Å²) < 4.78 is 1.55. The second-order valence-corrected chi connectivity index (χ2v) is 8.85. The van der Waals surface area contributed by atoms with Gasteiger partial charge in [-0.15, -0.1) is 0 Å². The number of hydrogen-bond donors (Lipinski definition) is 1. The van der Waals surface area contributed by atoms with Crippen molar-refractivity contribution in [3.05, 3.63) is 39.6 Å². The molecule has 8 nitrogen and oxygen atoms in total. The molecule has 0 saturated carbocycles. The number of carbonyl (C=O) groups is 1. The Bertz CT molecular complexity index is 963. The molecule has 162 valence electrons. The Labute approximate surface area is 177 Å². The van der Waals surface area contributed by atoms with Crippen molar-refractivity contribution in [3.8, 4) is 0 Å². The lowest BCUT2D eigenvalue weighted by Gasteiger charge is -2.33. The average Bonchev–Trinajstić information content (AvgIpc) is 3.16. The van der Waals surface area contributed by atoms with Gasteiger partial charge in [0.2, 0.25) is 5.91 Å². The maximum Gasteiger partial charge on any atom is 0.269 e. The van der Waals surface area contributed by atoms with E-state index in [0.29, 0.717) is 13.0 Å². The molecular formula is C22H32N6O2. The molecule has 0 radical (unpaired) electrons. The highest BCUT2D eigenvalue weighted by Gasteiger charge is 2.28. The fourth-order valence-electron chi connectivity index (χ4n) is 4.51. The topological polar surface area (TPSA) is 87.1 Å². The Balaban J connectivity index is 1.45. The number of amides is 1. The monoisotopic (exact) mass is 412 g/mol. The molecule has 1 aliphatic heterocycles. The van der Waals surface area contributed by atoms with Crippen LogP contribution in [0.2, 0.25) is 0 Å². The van der Waals surface area contributed by atoms with Crippen molar-refractivity contribution in [2.24, 2.45) is 0 Å². The molecular weight excluding hydrogens is 380 g/mol. The minimum absolute atomic E-state index is 0.0818. The lowest BCUT2D eigenvalue weighted by molar-refractivity contribution is -0.132. The lowest BCUT2D eigenvalue weighted by atomic mass is 9.95. The van der Waals surface area contributed by atoms with Crippen molar-refractivity contribution in [2.75, 3.05) is 25.0 Å². The van der Waals surface area contributed by atoms with Crippen molar-refractivity contribution < 1.29 is 4.79 Å². The highest BCUT2D eigenvalue weighted by Crippen LogP contribution is 2.24. The first kappa shape index (κ1) is 20.6. The standard InChI is InChI=1S/C22H32N6O2/c1-15(2)26(3)17-11-22(30)28(23-13-17)16-7-6-10-27(14-16)21(29)12-20-18-8-4-5-9-19(18)24-25-20/h11,13,15-16H,4-10,12,14H2,1-3H3,(H,24,25)/t16-/m0/s1. The fourth-order valence-corrected chi connectivity index (χ4v) is 4.51. The molecule has 1 atom stereocenters. The molecule has 30 heavy (non-hydrogen) atoms. The molecule has 2 aromatic heterocycles. The van der Waals surface area contributed by atoms with Crippen molar-refractivity contribution >= 4 is 11.6 Å². The number of likely N-dealkylation sites (tertiary alicyclic amines) is 1. The second-order valence-electron chi connectivity index (χ2n) is 8.85. The van der Waals surface area contributed by atoms with Crippen LogP contribution in [-0.4, -0.2) is 57.0 Å². The number of piperidine rings is 1. The van der Waals surface area contributed by atoms with Gasteiger partial charge in [-0.2, -0.15) is 10.2 Å². The molecule has 0 unspecified atom stereocenters. The maximum atomic E-state index is 13.0. The fraction of sp³-hybridized carbons (Fsp3) is 0.636. The molecule has 0 spiro atoms. The van der Waals surface area contributed by atoms with Crippen LogP contribution in [0.15, 0.2) is 17.1 Å². The summed E-state index contributed by atoms with van der Waals surface area (Å²) in [4.78, 5) is 29.6. The summed E-state index contributed by atoms with van der Waals surface area (Å²) in [6.07, 6.45) is 8.19. The zero-order valence-electron chi connectivity index (χ0n) is 18.2. The maximum absolute atomic E-state index is 13.0. The SMILES string of the molecule is CC(C)N(C)c1cnn([C@H]2CCCN(C(=O)Cc3n[nH]c4c3CCCC4)C2)c(=O)c1. The van der Waals surface area contributed by atoms with Crippen LogP contribution in [-0.2, 0) is 24.1 Å². The van der Waals surface area contributed by atoms with Crippen molar-refractivity contribution in [2.45, 2.75) is 70.9 Å². The van der Waals surface area contributed by atoms with E-state index in [1.165, 1.54) is 17.7 Å². The Morgan fingerprint density at radius 2 is 2.10 bits per heavy atom. The van der Waals surface area contributed by atoms with Gasteiger partial charge in [0.15, 0.2) is 0 Å². The normalized spacial score (nSPS) is 19.1. The van der Waals surface area contributed by atoms with E-state index in [1.807, 2.05) is 16.8 Å². The summed E-state index contributed by atoms with van der Waals surface area (Å²) in [6, 6.07) is 1.85. The van der Waals surface area contributed by atoms with E-state index in [2.05, 4.69) is 29.1 Å². The number of nitrogens with zero attached hydrogens (tertiary/aromatic N) is 5. The number of rotatable bonds is 5. The summed E-state index contributed by atoms with van der Waals surface area (Å²) in [5, 5.41) is 12.0. The minimum Gasteiger partial charge on any atom is -0.371 e. The third-order valence-electron chi connectivity index (χ3n) is 6.55. The van der Waals surface area contributed by atoms with Crippen molar-refractivity contribution in [1.29, 1.82) is 0 Å². The zero-order chi connectivity index (χ0) is 21.3. The number of aromatic amines is 1.